The van der Waals surface area contributed by atoms with E-state index in [-0.39, 0.29) is 12.0 Å². The van der Waals surface area contributed by atoms with Gasteiger partial charge in [-0.15, -0.1) is 10.2 Å². The van der Waals surface area contributed by atoms with Crippen LogP contribution in [0, 0.1) is 12.8 Å². The van der Waals surface area contributed by atoms with Gasteiger partial charge >= 0.3 is 0 Å². The highest BCUT2D eigenvalue weighted by atomic mass is 16.5. The largest absolute Gasteiger partial charge is 0.420 e. The molecule has 158 valence electrons. The van der Waals surface area contributed by atoms with E-state index in [0.717, 1.165) is 37.3 Å². The Labute approximate surface area is 175 Å². The van der Waals surface area contributed by atoms with Gasteiger partial charge in [0.05, 0.1) is 11.8 Å². The van der Waals surface area contributed by atoms with Gasteiger partial charge in [0.15, 0.2) is 0 Å². The molecule has 2 aromatic heterocycles. The number of hydrogen-bond acceptors (Lipinski definition) is 6. The molecule has 8 nitrogen and oxygen atoms in total. The number of rotatable bonds is 7. The quantitative estimate of drug-likeness (QED) is 0.643. The summed E-state index contributed by atoms with van der Waals surface area (Å²) in [6, 6.07) is 9.44. The molecule has 0 unspecified atom stereocenters. The molecule has 1 atom stereocenters. The first-order valence-electron chi connectivity index (χ1n) is 10.4. The van der Waals surface area contributed by atoms with Crippen molar-refractivity contribution in [2.75, 3.05) is 13.2 Å². The van der Waals surface area contributed by atoms with Crippen LogP contribution in [0.25, 0.3) is 17.3 Å². The lowest BCUT2D eigenvalue weighted by atomic mass is 10.1. The number of amides is 1. The second kappa shape index (κ2) is 8.79. The molecule has 30 heavy (non-hydrogen) atoms. The topological polar surface area (TPSA) is 95.1 Å². The SMILES string of the molecule is Cc1nnc(-c2cc(CC(C)C)n(-c3cccc(C(=O)NC[C@@H]4CCCO4)c3)n2)o1. The Kier molecular flexibility index (Phi) is 5.94. The zero-order chi connectivity index (χ0) is 21.1. The van der Waals surface area contributed by atoms with Crippen LogP contribution in [0.2, 0.25) is 0 Å². The standard InChI is InChI=1S/C22H27N5O3/c1-14(2)10-18-12-20(22-25-24-15(3)30-22)26-27(18)17-7-4-6-16(11-17)21(28)23-13-19-8-5-9-29-19/h4,6-7,11-12,14,19H,5,8-10,13H2,1-3H3,(H,23,28)/t19-/m0/s1. The van der Waals surface area contributed by atoms with Gasteiger partial charge in [0.25, 0.3) is 11.8 Å². The maximum atomic E-state index is 12.6. The average molecular weight is 409 g/mol. The van der Waals surface area contributed by atoms with Crippen molar-refractivity contribution in [1.82, 2.24) is 25.3 Å². The average Bonchev–Trinajstić information content (AvgIpc) is 3.47. The lowest BCUT2D eigenvalue weighted by Crippen LogP contribution is -2.31. The van der Waals surface area contributed by atoms with Crippen molar-refractivity contribution < 1.29 is 13.9 Å². The van der Waals surface area contributed by atoms with E-state index in [9.17, 15) is 4.79 Å². The predicted octanol–water partition coefficient (Wildman–Crippen LogP) is 3.34. The maximum absolute atomic E-state index is 12.6. The number of carbonyl (C=O) groups is 1. The van der Waals surface area contributed by atoms with Crippen LogP contribution < -0.4 is 5.32 Å². The fourth-order valence-corrected chi connectivity index (χ4v) is 3.60. The maximum Gasteiger partial charge on any atom is 0.268 e. The minimum Gasteiger partial charge on any atom is -0.420 e. The second-order valence-electron chi connectivity index (χ2n) is 8.05. The lowest BCUT2D eigenvalue weighted by molar-refractivity contribution is 0.0857. The molecule has 0 spiro atoms. The Hall–Kier alpha value is -3.00. The highest BCUT2D eigenvalue weighted by Gasteiger charge is 2.19. The first-order valence-corrected chi connectivity index (χ1v) is 10.4. The summed E-state index contributed by atoms with van der Waals surface area (Å²) in [5.74, 6) is 1.21. The van der Waals surface area contributed by atoms with Crippen LogP contribution in [-0.2, 0) is 11.2 Å². The molecule has 0 radical (unpaired) electrons. The van der Waals surface area contributed by atoms with Crippen LogP contribution in [0.5, 0.6) is 0 Å². The van der Waals surface area contributed by atoms with Gasteiger partial charge in [-0.2, -0.15) is 5.10 Å². The number of nitrogens with zero attached hydrogens (tertiary/aromatic N) is 4. The van der Waals surface area contributed by atoms with E-state index in [2.05, 4.69) is 29.4 Å². The Balaban J connectivity index is 1.60. The Bertz CT molecular complexity index is 1020. The fraction of sp³-hybridized carbons (Fsp3) is 0.455. The van der Waals surface area contributed by atoms with E-state index >= 15 is 0 Å². The summed E-state index contributed by atoms with van der Waals surface area (Å²) in [5, 5.41) is 15.6. The predicted molar refractivity (Wildman–Crippen MR) is 111 cm³/mol. The molecule has 3 aromatic rings. The third-order valence-electron chi connectivity index (χ3n) is 5.01. The molecule has 1 aliphatic rings. The molecule has 1 saturated heterocycles. The Morgan fingerprint density at radius 2 is 2.17 bits per heavy atom. The summed E-state index contributed by atoms with van der Waals surface area (Å²) in [6.07, 6.45) is 2.98. The minimum atomic E-state index is -0.113. The van der Waals surface area contributed by atoms with E-state index < -0.39 is 0 Å². The number of hydrogen-bond donors (Lipinski definition) is 1. The summed E-state index contributed by atoms with van der Waals surface area (Å²) in [6.45, 7) is 7.37. The Morgan fingerprint density at radius 1 is 1.30 bits per heavy atom. The van der Waals surface area contributed by atoms with Crippen LogP contribution in [0.4, 0.5) is 0 Å². The van der Waals surface area contributed by atoms with Crippen LogP contribution in [0.1, 0.15) is 48.6 Å². The summed E-state index contributed by atoms with van der Waals surface area (Å²) >= 11 is 0. The molecule has 8 heteroatoms. The molecule has 1 fully saturated rings. The smallest absolute Gasteiger partial charge is 0.268 e. The summed E-state index contributed by atoms with van der Waals surface area (Å²) in [5.41, 5.74) is 3.05. The van der Waals surface area contributed by atoms with E-state index in [1.807, 2.05) is 35.0 Å². The van der Waals surface area contributed by atoms with Crippen molar-refractivity contribution in [2.24, 2.45) is 5.92 Å². The van der Waals surface area contributed by atoms with Crippen LogP contribution in [0.15, 0.2) is 34.7 Å². The Morgan fingerprint density at radius 3 is 2.87 bits per heavy atom. The number of nitrogens with one attached hydrogen (secondary N) is 1. The number of aryl methyl sites for hydroxylation is 1. The normalized spacial score (nSPS) is 16.3. The van der Waals surface area contributed by atoms with Gasteiger partial charge < -0.3 is 14.5 Å². The number of aromatic nitrogens is 4. The van der Waals surface area contributed by atoms with Gasteiger partial charge in [0, 0.05) is 31.3 Å². The summed E-state index contributed by atoms with van der Waals surface area (Å²) in [7, 11) is 0. The number of ether oxygens (including phenoxy) is 1. The van der Waals surface area contributed by atoms with E-state index in [1.165, 1.54) is 0 Å². The highest BCUT2D eigenvalue weighted by Crippen LogP contribution is 2.23. The molecule has 1 aliphatic heterocycles. The van der Waals surface area contributed by atoms with Crippen LogP contribution in [0.3, 0.4) is 0 Å². The van der Waals surface area contributed by atoms with E-state index in [1.54, 1.807) is 6.92 Å². The minimum absolute atomic E-state index is 0.112. The molecule has 1 N–H and O–H groups in total. The van der Waals surface area contributed by atoms with Crippen molar-refractivity contribution in [3.8, 4) is 17.3 Å². The third-order valence-corrected chi connectivity index (χ3v) is 5.01. The van der Waals surface area contributed by atoms with Crippen LogP contribution >= 0.6 is 0 Å². The van der Waals surface area contributed by atoms with Crippen molar-refractivity contribution in [2.45, 2.75) is 46.1 Å². The molecule has 0 aliphatic carbocycles. The number of benzene rings is 1. The van der Waals surface area contributed by atoms with Gasteiger partial charge in [0.2, 0.25) is 5.89 Å². The van der Waals surface area contributed by atoms with Crippen molar-refractivity contribution in [3.63, 3.8) is 0 Å². The monoisotopic (exact) mass is 409 g/mol. The molecule has 0 bridgehead atoms. The summed E-state index contributed by atoms with van der Waals surface area (Å²) in [4.78, 5) is 12.6. The van der Waals surface area contributed by atoms with Gasteiger partial charge in [-0.1, -0.05) is 19.9 Å². The van der Waals surface area contributed by atoms with Gasteiger partial charge in [0.1, 0.15) is 5.69 Å². The lowest BCUT2D eigenvalue weighted by Gasteiger charge is -2.12. The van der Waals surface area contributed by atoms with Gasteiger partial charge in [-0.05, 0) is 49.4 Å². The molecule has 1 aromatic carbocycles. The molecule has 4 rings (SSSR count). The fourth-order valence-electron chi connectivity index (χ4n) is 3.60. The van der Waals surface area contributed by atoms with Crippen molar-refractivity contribution in [1.29, 1.82) is 0 Å². The first kappa shape index (κ1) is 20.3. The van der Waals surface area contributed by atoms with Crippen LogP contribution in [-0.4, -0.2) is 45.1 Å². The van der Waals surface area contributed by atoms with E-state index in [0.29, 0.717) is 35.5 Å². The molecular weight excluding hydrogens is 382 g/mol. The van der Waals surface area contributed by atoms with Crippen molar-refractivity contribution >= 4 is 5.91 Å². The van der Waals surface area contributed by atoms with Gasteiger partial charge in [-0.25, -0.2) is 4.68 Å². The molecule has 0 saturated carbocycles. The molecule has 3 heterocycles. The van der Waals surface area contributed by atoms with Crippen molar-refractivity contribution in [3.05, 3.63) is 47.5 Å². The molecule has 1 amide bonds. The highest BCUT2D eigenvalue weighted by molar-refractivity contribution is 5.94. The molecular formula is C22H27N5O3. The van der Waals surface area contributed by atoms with E-state index in [4.69, 9.17) is 14.3 Å². The zero-order valence-corrected chi connectivity index (χ0v) is 17.6. The summed E-state index contributed by atoms with van der Waals surface area (Å²) < 4.78 is 13.0. The third kappa shape index (κ3) is 4.59. The number of carbonyl (C=O) groups excluding carboxylic acids is 1. The second-order valence-corrected chi connectivity index (χ2v) is 8.05. The zero-order valence-electron chi connectivity index (χ0n) is 17.6. The first-order chi connectivity index (χ1) is 14.5. The van der Waals surface area contributed by atoms with Gasteiger partial charge in [-0.3, -0.25) is 4.79 Å².